The van der Waals surface area contributed by atoms with Gasteiger partial charge in [0, 0.05) is 30.4 Å². The van der Waals surface area contributed by atoms with Gasteiger partial charge in [-0.3, -0.25) is 4.90 Å². The van der Waals surface area contributed by atoms with Crippen LogP contribution in [0.25, 0.3) is 6.08 Å². The topological polar surface area (TPSA) is 88.5 Å². The molecule has 39 heavy (non-hydrogen) atoms. The van der Waals surface area contributed by atoms with Crippen molar-refractivity contribution < 1.29 is 33.3 Å². The van der Waals surface area contributed by atoms with Crippen LogP contribution < -0.4 is 9.04 Å². The van der Waals surface area contributed by atoms with Crippen molar-refractivity contribution in [1.29, 1.82) is 0 Å². The lowest BCUT2D eigenvalue weighted by molar-refractivity contribution is -0.00242. The average molecular weight is 557 g/mol. The third-order valence-electron chi connectivity index (χ3n) is 7.63. The zero-order chi connectivity index (χ0) is 27.7. The van der Waals surface area contributed by atoms with Crippen LogP contribution >= 0.6 is 11.9 Å². The molecule has 1 amide bonds. The summed E-state index contributed by atoms with van der Waals surface area (Å²) < 4.78 is 31.7. The van der Waals surface area contributed by atoms with Crippen molar-refractivity contribution in [1.82, 2.24) is 4.90 Å². The highest BCUT2D eigenvalue weighted by atomic mass is 32.2. The molecule has 2 atom stereocenters. The highest BCUT2D eigenvalue weighted by Gasteiger charge is 2.46. The van der Waals surface area contributed by atoms with Crippen LogP contribution in [0, 0.1) is 11.7 Å². The monoisotopic (exact) mass is 556 g/mol. The molecule has 3 aliphatic rings. The molecule has 0 aromatic heterocycles. The number of halogens is 1. The maximum absolute atomic E-state index is 14.3. The van der Waals surface area contributed by atoms with Crippen molar-refractivity contribution in [2.75, 3.05) is 44.8 Å². The molecule has 2 aliphatic heterocycles. The normalized spacial score (nSPS) is 21.5. The first-order valence-corrected chi connectivity index (χ1v) is 13.8. The number of benzene rings is 2. The van der Waals surface area contributed by atoms with Gasteiger partial charge in [-0.15, -0.1) is 0 Å². The molecule has 1 aliphatic carbocycles. The first-order chi connectivity index (χ1) is 18.7. The summed E-state index contributed by atoms with van der Waals surface area (Å²) in [6, 6.07) is 7.92. The first-order valence-electron chi connectivity index (χ1n) is 13.1. The Balaban J connectivity index is 1.44. The van der Waals surface area contributed by atoms with Gasteiger partial charge in [0.25, 0.3) is 0 Å². The second kappa shape index (κ2) is 11.2. The van der Waals surface area contributed by atoms with E-state index in [2.05, 4.69) is 4.90 Å². The summed E-state index contributed by atoms with van der Waals surface area (Å²) in [7, 11) is 2.55. The number of anilines is 1. The molecule has 5 rings (SSSR count). The van der Waals surface area contributed by atoms with E-state index in [4.69, 9.17) is 14.2 Å². The fourth-order valence-corrected chi connectivity index (χ4v) is 6.11. The molecule has 2 heterocycles. The molecule has 2 aromatic carbocycles. The maximum Gasteiger partial charge on any atom is 0.424 e. The van der Waals surface area contributed by atoms with Gasteiger partial charge in [0.1, 0.15) is 17.1 Å². The van der Waals surface area contributed by atoms with Crippen LogP contribution in [-0.2, 0) is 9.47 Å². The Morgan fingerprint density at radius 3 is 2.72 bits per heavy atom. The fourth-order valence-electron chi connectivity index (χ4n) is 5.15. The Morgan fingerprint density at radius 1 is 1.23 bits per heavy atom. The van der Waals surface area contributed by atoms with Crippen molar-refractivity contribution in [3.63, 3.8) is 0 Å². The van der Waals surface area contributed by atoms with E-state index in [0.717, 1.165) is 37.0 Å². The quantitative estimate of drug-likeness (QED) is 0.366. The SMILES string of the molecule is COC(=O)c1c(N(Sc2ccc(F)cc2/C=C\CN2CCC(C)(O)CC2)C(=O)OC)ccc2c1OCC1CC21. The van der Waals surface area contributed by atoms with Gasteiger partial charge in [0.15, 0.2) is 0 Å². The Labute approximate surface area is 231 Å². The molecule has 2 aromatic rings. The number of ether oxygens (including phenoxy) is 3. The number of fused-ring (bicyclic) bond motifs is 3. The van der Waals surface area contributed by atoms with E-state index in [1.807, 2.05) is 25.1 Å². The summed E-state index contributed by atoms with van der Waals surface area (Å²) in [6.07, 6.45) is 5.46. The predicted octanol–water partition coefficient (Wildman–Crippen LogP) is 5.25. The lowest BCUT2D eigenvalue weighted by Gasteiger charge is -2.35. The molecule has 8 nitrogen and oxygen atoms in total. The minimum atomic E-state index is -0.704. The number of esters is 1. The fraction of sp³-hybridized carbons (Fsp3) is 0.448. The number of nitrogens with zero attached hydrogens (tertiary/aromatic N) is 2. The van der Waals surface area contributed by atoms with Crippen molar-refractivity contribution in [3.8, 4) is 5.75 Å². The van der Waals surface area contributed by atoms with E-state index in [9.17, 15) is 19.1 Å². The molecule has 1 N–H and O–H groups in total. The lowest BCUT2D eigenvalue weighted by atomic mass is 9.94. The largest absolute Gasteiger partial charge is 0.492 e. The van der Waals surface area contributed by atoms with Gasteiger partial charge in [0.2, 0.25) is 0 Å². The zero-order valence-corrected chi connectivity index (χ0v) is 23.1. The number of rotatable bonds is 7. The number of carbonyl (C=O) groups is 2. The summed E-state index contributed by atoms with van der Waals surface area (Å²) in [5, 5.41) is 10.2. The van der Waals surface area contributed by atoms with Gasteiger partial charge < -0.3 is 19.3 Å². The molecule has 0 spiro atoms. The van der Waals surface area contributed by atoms with Crippen molar-refractivity contribution in [3.05, 3.63) is 58.9 Å². The van der Waals surface area contributed by atoms with Crippen LogP contribution in [0.2, 0.25) is 0 Å². The van der Waals surface area contributed by atoms with Crippen LogP contribution in [-0.4, -0.2) is 68.1 Å². The number of aliphatic hydroxyl groups is 1. The summed E-state index contributed by atoms with van der Waals surface area (Å²) in [5.41, 5.74) is 1.33. The Morgan fingerprint density at radius 2 is 2.00 bits per heavy atom. The minimum Gasteiger partial charge on any atom is -0.492 e. The molecule has 2 fully saturated rings. The molecule has 1 saturated heterocycles. The number of amides is 1. The van der Waals surface area contributed by atoms with Crippen LogP contribution in [0.15, 0.2) is 41.3 Å². The van der Waals surface area contributed by atoms with Gasteiger partial charge in [0.05, 0.1) is 32.1 Å². The minimum absolute atomic E-state index is 0.165. The highest BCUT2D eigenvalue weighted by Crippen LogP contribution is 2.56. The molecule has 2 unspecified atom stereocenters. The summed E-state index contributed by atoms with van der Waals surface area (Å²) in [5.74, 6) is 0.202. The van der Waals surface area contributed by atoms with E-state index < -0.39 is 23.5 Å². The van der Waals surface area contributed by atoms with E-state index >= 15 is 0 Å². The Kier molecular flexibility index (Phi) is 7.89. The summed E-state index contributed by atoms with van der Waals surface area (Å²) in [4.78, 5) is 28.8. The van der Waals surface area contributed by atoms with Crippen molar-refractivity contribution >= 4 is 35.8 Å². The van der Waals surface area contributed by atoms with Crippen LogP contribution in [0.3, 0.4) is 0 Å². The Hall–Kier alpha value is -3.08. The van der Waals surface area contributed by atoms with Gasteiger partial charge in [-0.1, -0.05) is 18.2 Å². The van der Waals surface area contributed by atoms with E-state index in [0.29, 0.717) is 54.0 Å². The van der Waals surface area contributed by atoms with Crippen LogP contribution in [0.5, 0.6) is 5.75 Å². The molecular formula is C29H33FN2O6S. The van der Waals surface area contributed by atoms with Gasteiger partial charge in [-0.05, 0) is 79.4 Å². The maximum atomic E-state index is 14.3. The third-order valence-corrected chi connectivity index (χ3v) is 8.73. The zero-order valence-electron chi connectivity index (χ0n) is 22.3. The standard InChI is InChI=1S/C29H33FN2O6S/c1-29(35)10-13-31(14-11-29)12-4-5-18-15-20(30)6-9-24(18)39-32(28(34)37-3)23-8-7-21-22-16-19(22)17-38-26(21)25(23)27(33)36-2/h4-9,15,19,22,35H,10-14,16-17H2,1-3H3/b5-4-. The summed E-state index contributed by atoms with van der Waals surface area (Å²) >= 11 is 1.03. The van der Waals surface area contributed by atoms with Gasteiger partial charge in [-0.2, -0.15) is 0 Å². The second-order valence-electron chi connectivity index (χ2n) is 10.5. The number of carbonyl (C=O) groups excluding carboxylic acids is 2. The number of piperidine rings is 1. The van der Waals surface area contributed by atoms with Gasteiger partial charge >= 0.3 is 12.1 Å². The van der Waals surface area contributed by atoms with Gasteiger partial charge in [-0.25, -0.2) is 18.3 Å². The predicted molar refractivity (Wildman–Crippen MR) is 147 cm³/mol. The van der Waals surface area contributed by atoms with E-state index in [1.54, 1.807) is 12.1 Å². The first kappa shape index (κ1) is 27.5. The van der Waals surface area contributed by atoms with E-state index in [-0.39, 0.29) is 11.3 Å². The van der Waals surface area contributed by atoms with Crippen molar-refractivity contribution in [2.45, 2.75) is 42.6 Å². The lowest BCUT2D eigenvalue weighted by Crippen LogP contribution is -2.42. The number of hydrogen-bond acceptors (Lipinski definition) is 8. The third kappa shape index (κ3) is 5.92. The molecule has 1 saturated carbocycles. The Bertz CT molecular complexity index is 1290. The average Bonchev–Trinajstić information content (AvgIpc) is 3.72. The van der Waals surface area contributed by atoms with E-state index in [1.165, 1.54) is 30.7 Å². The van der Waals surface area contributed by atoms with Crippen LogP contribution in [0.1, 0.15) is 53.6 Å². The smallest absolute Gasteiger partial charge is 0.424 e. The molecular weight excluding hydrogens is 523 g/mol. The molecule has 0 bridgehead atoms. The summed E-state index contributed by atoms with van der Waals surface area (Å²) in [6.45, 7) is 4.56. The second-order valence-corrected chi connectivity index (χ2v) is 11.5. The highest BCUT2D eigenvalue weighted by molar-refractivity contribution is 8.01. The number of methoxy groups -OCH3 is 2. The molecule has 10 heteroatoms. The molecule has 0 radical (unpaired) electrons. The molecule has 208 valence electrons. The number of hydrogen-bond donors (Lipinski definition) is 1. The number of likely N-dealkylation sites (tertiary alicyclic amines) is 1. The van der Waals surface area contributed by atoms with Crippen LogP contribution in [0.4, 0.5) is 14.9 Å². The van der Waals surface area contributed by atoms with Crippen molar-refractivity contribution in [2.24, 2.45) is 5.92 Å².